The Kier molecular flexibility index (Phi) is 22.0. The van der Waals surface area contributed by atoms with Crippen molar-refractivity contribution >= 4 is 30.1 Å². The third-order valence-corrected chi connectivity index (χ3v) is 12.6. The number of ether oxygens (including phenoxy) is 8. The second kappa shape index (κ2) is 26.2. The van der Waals surface area contributed by atoms with E-state index in [1.807, 2.05) is 27.7 Å². The number of hydrogen-bond donors (Lipinski definition) is 5. The number of nitrogens with zero attached hydrogens (tertiary/aromatic N) is 2. The van der Waals surface area contributed by atoms with Crippen LogP contribution in [0.1, 0.15) is 101 Å². The summed E-state index contributed by atoms with van der Waals surface area (Å²) in [6.07, 6.45) is 0.295. The molecule has 9 aliphatic heterocycles. The highest BCUT2D eigenvalue weighted by molar-refractivity contribution is 5.73. The highest BCUT2D eigenvalue weighted by atomic mass is 16.6. The van der Waals surface area contributed by atoms with Gasteiger partial charge in [0.2, 0.25) is 0 Å². The largest absolute Gasteiger partial charge is 0.466 e. The lowest BCUT2D eigenvalue weighted by Crippen LogP contribution is -2.59. The van der Waals surface area contributed by atoms with Crippen LogP contribution in [-0.2, 0) is 52.3 Å². The molecular formula is C49H83N3O17. The summed E-state index contributed by atoms with van der Waals surface area (Å²) >= 11 is 0. The summed E-state index contributed by atoms with van der Waals surface area (Å²) < 4.78 is 42.7. The van der Waals surface area contributed by atoms with E-state index in [1.165, 1.54) is 0 Å². The van der Waals surface area contributed by atoms with Crippen LogP contribution >= 0.6 is 0 Å². The predicted molar refractivity (Wildman–Crippen MR) is 249 cm³/mol. The van der Waals surface area contributed by atoms with E-state index in [1.54, 1.807) is 44.4 Å². The van der Waals surface area contributed by atoms with Gasteiger partial charge in [-0.15, -0.1) is 0 Å². The number of fused-ring (bicyclic) bond motifs is 17. The average molecular weight is 986 g/mol. The summed E-state index contributed by atoms with van der Waals surface area (Å²) in [4.78, 5) is 63.6. The van der Waals surface area contributed by atoms with Gasteiger partial charge in [0.05, 0.1) is 90.9 Å². The fraction of sp³-hybridized carbons (Fsp3) is 0.857. The Labute approximate surface area is 408 Å². The maximum atomic E-state index is 12.5. The van der Waals surface area contributed by atoms with Gasteiger partial charge in [0.25, 0.3) is 0 Å². The minimum atomic E-state index is -1.59. The van der Waals surface area contributed by atoms with E-state index in [0.717, 1.165) is 18.5 Å². The van der Waals surface area contributed by atoms with Crippen LogP contribution in [0.5, 0.6) is 0 Å². The minimum Gasteiger partial charge on any atom is -0.466 e. The molecule has 0 aliphatic carbocycles. The summed E-state index contributed by atoms with van der Waals surface area (Å²) in [5, 5.41) is 46.2. The Balaban J connectivity index is 0.000000228. The number of aliphatic hydroxyl groups excluding tert-OH is 2. The zero-order chi connectivity index (χ0) is 51.2. The monoisotopic (exact) mass is 986 g/mol. The highest BCUT2D eigenvalue weighted by Gasteiger charge is 2.49. The summed E-state index contributed by atoms with van der Waals surface area (Å²) in [7, 11) is 0. The summed E-state index contributed by atoms with van der Waals surface area (Å²) in [6.45, 7) is 22.7. The van der Waals surface area contributed by atoms with Crippen molar-refractivity contribution in [3.8, 4) is 0 Å². The predicted octanol–water partition coefficient (Wildman–Crippen LogP) is 2.99. The van der Waals surface area contributed by atoms with E-state index in [2.05, 4.69) is 11.4 Å². The van der Waals surface area contributed by atoms with E-state index >= 15 is 0 Å². The smallest absolute Gasteiger partial charge is 0.410 e. The van der Waals surface area contributed by atoms with Crippen LogP contribution in [0, 0.1) is 35.5 Å². The van der Waals surface area contributed by atoms with Crippen LogP contribution in [0.4, 0.5) is 9.59 Å². The Hall–Kier alpha value is -3.63. The van der Waals surface area contributed by atoms with E-state index in [-0.39, 0.29) is 87.3 Å². The van der Waals surface area contributed by atoms with Crippen molar-refractivity contribution in [3.05, 3.63) is 11.6 Å². The van der Waals surface area contributed by atoms with Crippen molar-refractivity contribution in [1.82, 2.24) is 15.1 Å². The van der Waals surface area contributed by atoms with Gasteiger partial charge in [-0.05, 0) is 87.5 Å². The molecule has 9 heterocycles. The van der Waals surface area contributed by atoms with Gasteiger partial charge < -0.3 is 73.4 Å². The zero-order valence-electron chi connectivity index (χ0n) is 42.5. The summed E-state index contributed by atoms with van der Waals surface area (Å²) in [5.41, 5.74) is -3.03. The third-order valence-electron chi connectivity index (χ3n) is 12.6. The molecule has 20 nitrogen and oxygen atoms in total. The average Bonchev–Trinajstić information content (AvgIpc) is 3.18. The summed E-state index contributed by atoms with van der Waals surface area (Å²) in [6, 6.07) is 0. The molecule has 9 aliphatic rings. The Bertz CT molecular complexity index is 1710. The fourth-order valence-corrected chi connectivity index (χ4v) is 9.82. The van der Waals surface area contributed by atoms with Crippen molar-refractivity contribution in [2.24, 2.45) is 35.5 Å². The Morgan fingerprint density at radius 1 is 0.623 bits per heavy atom. The molecule has 0 saturated carbocycles. The molecular weight excluding hydrogens is 903 g/mol. The highest BCUT2D eigenvalue weighted by Crippen LogP contribution is 2.36. The first-order chi connectivity index (χ1) is 32.4. The van der Waals surface area contributed by atoms with Gasteiger partial charge in [-0.25, -0.2) is 9.59 Å². The van der Waals surface area contributed by atoms with Gasteiger partial charge in [-0.3, -0.25) is 14.4 Å². The van der Waals surface area contributed by atoms with Gasteiger partial charge in [0, 0.05) is 68.9 Å². The molecule has 9 rings (SSSR count). The molecule has 5 N–H and O–H groups in total. The number of amides is 2. The Morgan fingerprint density at radius 2 is 1.09 bits per heavy atom. The molecule has 2 amide bonds. The first kappa shape index (κ1) is 57.9. The molecule has 0 spiro atoms. The maximum Gasteiger partial charge on any atom is 0.410 e. The summed E-state index contributed by atoms with van der Waals surface area (Å²) in [5.74, 6) is -1.82. The molecule has 0 aromatic carbocycles. The normalized spacial score (nSPS) is 32.3. The molecule has 20 heteroatoms. The van der Waals surface area contributed by atoms with Gasteiger partial charge in [0.15, 0.2) is 0 Å². The first-order valence-corrected chi connectivity index (χ1v) is 24.7. The number of carbonyl (C=O) groups is 5. The molecule has 7 fully saturated rings. The van der Waals surface area contributed by atoms with Crippen molar-refractivity contribution < 1.29 is 82.3 Å². The number of aliphatic hydroxyl groups is 4. The fourth-order valence-electron chi connectivity index (χ4n) is 9.82. The Morgan fingerprint density at radius 3 is 1.65 bits per heavy atom. The molecule has 7 saturated heterocycles. The van der Waals surface area contributed by atoms with Crippen LogP contribution in [0.2, 0.25) is 0 Å². The molecule has 0 aromatic heterocycles. The van der Waals surface area contributed by atoms with E-state index in [0.29, 0.717) is 78.7 Å². The lowest BCUT2D eigenvalue weighted by Gasteiger charge is -2.46. The van der Waals surface area contributed by atoms with E-state index < -0.39 is 58.6 Å². The number of esters is 3. The first-order valence-electron chi connectivity index (χ1n) is 24.7. The number of carbonyl (C=O) groups excluding carboxylic acids is 5. The topological polar surface area (TPSA) is 259 Å². The lowest BCUT2D eigenvalue weighted by atomic mass is 9.76. The van der Waals surface area contributed by atoms with Gasteiger partial charge in [-0.2, -0.15) is 0 Å². The van der Waals surface area contributed by atoms with Crippen molar-refractivity contribution in [3.63, 3.8) is 0 Å². The van der Waals surface area contributed by atoms with Crippen LogP contribution in [0.3, 0.4) is 0 Å². The third kappa shape index (κ3) is 18.8. The SMILES string of the molecule is CCOC(=O)C/C1=C/C2COCC(C1)CN(C(=O)OC(C)(C)C)C2.CCOC(=O)CC1(O)CC2CNCC(COC2)C1O.CCOC(=O)CC1(O)CC2COCC(CN(C(=O)OC(C)(C)C)C2)C1O. The van der Waals surface area contributed by atoms with E-state index in [9.17, 15) is 44.4 Å². The number of rotatable bonds is 9. The molecule has 6 bridgehead atoms. The van der Waals surface area contributed by atoms with Crippen LogP contribution in [-0.4, -0.2) is 194 Å². The molecule has 69 heavy (non-hydrogen) atoms. The van der Waals surface area contributed by atoms with Crippen LogP contribution in [0.15, 0.2) is 11.6 Å². The quantitative estimate of drug-likeness (QED) is 0.126. The van der Waals surface area contributed by atoms with Gasteiger partial charge in [0.1, 0.15) is 22.4 Å². The molecule has 0 aromatic rings. The van der Waals surface area contributed by atoms with E-state index in [4.69, 9.17) is 37.9 Å². The standard InChI is InChI=1S/C18H31NO7.C18H29NO5.C13H23NO5/c1-5-25-14(20)7-18(23)6-12-8-19(16(22)26-17(2,3)4)9-13(15(18)21)11-24-10-12;1-5-23-16(20)8-13-6-14-9-19(17(21)24-18(2,3)4)10-15(7-13)12-22-11-14;1-2-19-11(15)4-13(17)3-9-5-14-6-10(12(13)16)8-18-7-9/h12-13,15,21,23H,5-11H2,1-4H3;6,14-15H,5,7-12H2,1-4H3;9-10,12,14,16-17H,2-8H2,1H3/b;13-6+;. The molecule has 10 atom stereocenters. The van der Waals surface area contributed by atoms with Crippen molar-refractivity contribution in [2.75, 3.05) is 98.7 Å². The maximum absolute atomic E-state index is 12.5. The molecule has 396 valence electrons. The van der Waals surface area contributed by atoms with Gasteiger partial charge in [-0.1, -0.05) is 11.6 Å². The number of nitrogens with one attached hydrogen (secondary N) is 1. The minimum absolute atomic E-state index is 0.0724. The molecule has 10 unspecified atom stereocenters. The van der Waals surface area contributed by atoms with Gasteiger partial charge >= 0.3 is 30.1 Å². The number of hydrogen-bond acceptors (Lipinski definition) is 18. The van der Waals surface area contributed by atoms with Crippen molar-refractivity contribution in [2.45, 2.75) is 135 Å². The van der Waals surface area contributed by atoms with Crippen LogP contribution < -0.4 is 5.32 Å². The second-order valence-corrected chi connectivity index (χ2v) is 21.4. The second-order valence-electron chi connectivity index (χ2n) is 21.4. The zero-order valence-corrected chi connectivity index (χ0v) is 42.5. The molecule has 0 radical (unpaired) electrons. The van der Waals surface area contributed by atoms with Crippen LogP contribution in [0.25, 0.3) is 0 Å². The lowest BCUT2D eigenvalue weighted by molar-refractivity contribution is -0.179. The van der Waals surface area contributed by atoms with Crippen molar-refractivity contribution in [1.29, 1.82) is 0 Å².